The number of hydrogen-bond donors (Lipinski definition) is 0. The van der Waals surface area contributed by atoms with Crippen LogP contribution in [0, 0.1) is 0 Å². The normalized spacial score (nSPS) is 18.8. The van der Waals surface area contributed by atoms with Gasteiger partial charge in [-0.15, -0.1) is 0 Å². The Hall–Kier alpha value is -2.48. The third kappa shape index (κ3) is 2.84. The molecule has 2 aliphatic heterocycles. The number of benzene rings is 1. The number of methoxy groups -OCH3 is 1. The van der Waals surface area contributed by atoms with E-state index in [2.05, 4.69) is 0 Å². The predicted octanol–water partition coefficient (Wildman–Crippen LogP) is 2.74. The second kappa shape index (κ2) is 6.68. The molecule has 0 radical (unpaired) electrons. The molecule has 3 heterocycles. The maximum absolute atomic E-state index is 12.8. The molecule has 0 spiro atoms. The summed E-state index contributed by atoms with van der Waals surface area (Å²) in [4.78, 5) is 39.5. The Balaban J connectivity index is 1.47. The van der Waals surface area contributed by atoms with E-state index in [4.69, 9.17) is 9.15 Å². The molecule has 0 aliphatic carbocycles. The van der Waals surface area contributed by atoms with Crippen LogP contribution in [0.5, 0.6) is 5.75 Å². The van der Waals surface area contributed by atoms with Gasteiger partial charge in [-0.05, 0) is 25.0 Å². The zero-order valence-electron chi connectivity index (χ0n) is 14.3. The van der Waals surface area contributed by atoms with Crippen LogP contribution in [0.15, 0.2) is 28.7 Å². The Morgan fingerprint density at radius 1 is 1.27 bits per heavy atom. The van der Waals surface area contributed by atoms with Crippen LogP contribution >= 0.6 is 11.8 Å². The SMILES string of the molecule is COc1cccc2cc(C(=O)N3CCC(N4C(=O)CSC4=O)CC3)oc12. The van der Waals surface area contributed by atoms with Crippen molar-refractivity contribution < 1.29 is 23.5 Å². The van der Waals surface area contributed by atoms with Crippen molar-refractivity contribution in [3.05, 3.63) is 30.0 Å². The third-order valence-electron chi connectivity index (χ3n) is 4.84. The van der Waals surface area contributed by atoms with E-state index in [1.807, 2.05) is 12.1 Å². The van der Waals surface area contributed by atoms with Crippen molar-refractivity contribution in [2.24, 2.45) is 0 Å². The number of imide groups is 1. The summed E-state index contributed by atoms with van der Waals surface area (Å²) in [5, 5.41) is 0.636. The number of rotatable bonds is 3. The summed E-state index contributed by atoms with van der Waals surface area (Å²) in [6.07, 6.45) is 1.18. The number of para-hydroxylation sites is 1. The van der Waals surface area contributed by atoms with Gasteiger partial charge >= 0.3 is 0 Å². The Bertz CT molecular complexity index is 869. The average molecular weight is 374 g/mol. The van der Waals surface area contributed by atoms with Crippen LogP contribution in [-0.2, 0) is 4.79 Å². The number of carbonyl (C=O) groups is 3. The largest absolute Gasteiger partial charge is 0.493 e. The highest BCUT2D eigenvalue weighted by atomic mass is 32.2. The maximum atomic E-state index is 12.8. The summed E-state index contributed by atoms with van der Waals surface area (Å²) in [6.45, 7) is 0.971. The molecular formula is C18H18N2O5S. The van der Waals surface area contributed by atoms with Crippen LogP contribution < -0.4 is 4.74 Å². The average Bonchev–Trinajstić information content (AvgIpc) is 3.24. The molecule has 2 fully saturated rings. The fourth-order valence-corrected chi connectivity index (χ4v) is 4.28. The molecule has 0 atom stereocenters. The van der Waals surface area contributed by atoms with Crippen molar-refractivity contribution in [2.75, 3.05) is 26.0 Å². The van der Waals surface area contributed by atoms with E-state index in [9.17, 15) is 14.4 Å². The quantitative estimate of drug-likeness (QED) is 0.822. The molecule has 7 nitrogen and oxygen atoms in total. The van der Waals surface area contributed by atoms with E-state index in [1.54, 1.807) is 24.1 Å². The number of amides is 3. The summed E-state index contributed by atoms with van der Waals surface area (Å²) in [5.74, 6) is 0.763. The summed E-state index contributed by atoms with van der Waals surface area (Å²) in [6, 6.07) is 7.10. The number of furan rings is 1. The van der Waals surface area contributed by atoms with E-state index in [0.29, 0.717) is 37.3 Å². The lowest BCUT2D eigenvalue weighted by molar-refractivity contribution is -0.126. The summed E-state index contributed by atoms with van der Waals surface area (Å²) < 4.78 is 11.0. The van der Waals surface area contributed by atoms with Gasteiger partial charge in [0.2, 0.25) is 5.91 Å². The number of fused-ring (bicyclic) bond motifs is 1. The minimum Gasteiger partial charge on any atom is -0.493 e. The standard InChI is InChI=1S/C18H18N2O5S/c1-24-13-4-2-3-11-9-14(25-16(11)13)17(22)19-7-5-12(6-8-19)20-15(21)10-26-18(20)23/h2-4,9,12H,5-8,10H2,1H3. The molecule has 26 heavy (non-hydrogen) atoms. The van der Waals surface area contributed by atoms with Gasteiger partial charge in [-0.2, -0.15) is 0 Å². The first-order chi connectivity index (χ1) is 12.6. The number of carbonyl (C=O) groups excluding carboxylic acids is 3. The molecule has 4 rings (SSSR count). The molecule has 3 amide bonds. The third-order valence-corrected chi connectivity index (χ3v) is 5.67. The summed E-state index contributed by atoms with van der Waals surface area (Å²) in [7, 11) is 1.56. The van der Waals surface area contributed by atoms with Crippen molar-refractivity contribution in [1.82, 2.24) is 9.80 Å². The molecule has 136 valence electrons. The van der Waals surface area contributed by atoms with E-state index < -0.39 is 0 Å². The van der Waals surface area contributed by atoms with Gasteiger partial charge in [0, 0.05) is 24.5 Å². The van der Waals surface area contributed by atoms with E-state index in [-0.39, 0.29) is 34.6 Å². The van der Waals surface area contributed by atoms with Gasteiger partial charge in [0.05, 0.1) is 12.9 Å². The summed E-state index contributed by atoms with van der Waals surface area (Å²) >= 11 is 1.05. The smallest absolute Gasteiger partial charge is 0.289 e. The van der Waals surface area contributed by atoms with Gasteiger partial charge in [0.1, 0.15) is 0 Å². The zero-order chi connectivity index (χ0) is 18.3. The molecule has 0 unspecified atom stereocenters. The lowest BCUT2D eigenvalue weighted by atomic mass is 10.0. The number of thioether (sulfide) groups is 1. The van der Waals surface area contributed by atoms with Crippen LogP contribution in [0.4, 0.5) is 4.79 Å². The maximum Gasteiger partial charge on any atom is 0.289 e. The molecule has 2 saturated heterocycles. The van der Waals surface area contributed by atoms with Crippen molar-refractivity contribution in [3.63, 3.8) is 0 Å². The van der Waals surface area contributed by atoms with Gasteiger partial charge in [-0.3, -0.25) is 19.3 Å². The predicted molar refractivity (Wildman–Crippen MR) is 96.4 cm³/mol. The second-order valence-corrected chi connectivity index (χ2v) is 7.26. The van der Waals surface area contributed by atoms with Gasteiger partial charge in [0.15, 0.2) is 17.1 Å². The molecule has 0 N–H and O–H groups in total. The lowest BCUT2D eigenvalue weighted by Gasteiger charge is -2.35. The molecule has 0 saturated carbocycles. The first-order valence-electron chi connectivity index (χ1n) is 8.43. The monoisotopic (exact) mass is 374 g/mol. The van der Waals surface area contributed by atoms with Crippen molar-refractivity contribution in [2.45, 2.75) is 18.9 Å². The van der Waals surface area contributed by atoms with Gasteiger partial charge < -0.3 is 14.1 Å². The fraction of sp³-hybridized carbons (Fsp3) is 0.389. The van der Waals surface area contributed by atoms with Gasteiger partial charge in [-0.25, -0.2) is 0 Å². The molecule has 1 aromatic carbocycles. The number of ether oxygens (including phenoxy) is 1. The minimum atomic E-state index is -0.185. The zero-order valence-corrected chi connectivity index (χ0v) is 15.1. The Morgan fingerprint density at radius 3 is 2.69 bits per heavy atom. The highest BCUT2D eigenvalue weighted by Gasteiger charge is 2.38. The van der Waals surface area contributed by atoms with E-state index >= 15 is 0 Å². The molecule has 2 aliphatic rings. The highest BCUT2D eigenvalue weighted by Crippen LogP contribution is 2.30. The first kappa shape index (κ1) is 17.0. The van der Waals surface area contributed by atoms with Gasteiger partial charge in [-0.1, -0.05) is 23.9 Å². The number of piperidine rings is 1. The van der Waals surface area contributed by atoms with Crippen LogP contribution in [0.3, 0.4) is 0 Å². The number of likely N-dealkylation sites (tertiary alicyclic amines) is 1. The topological polar surface area (TPSA) is 80.1 Å². The first-order valence-corrected chi connectivity index (χ1v) is 9.41. The summed E-state index contributed by atoms with van der Waals surface area (Å²) in [5.41, 5.74) is 0.554. The van der Waals surface area contributed by atoms with E-state index in [1.165, 1.54) is 4.90 Å². The highest BCUT2D eigenvalue weighted by molar-refractivity contribution is 8.14. The fourth-order valence-electron chi connectivity index (χ4n) is 3.50. The Kier molecular flexibility index (Phi) is 4.36. The number of hydrogen-bond acceptors (Lipinski definition) is 6. The van der Waals surface area contributed by atoms with Crippen molar-refractivity contribution >= 4 is 39.8 Å². The van der Waals surface area contributed by atoms with Crippen LogP contribution in [0.2, 0.25) is 0 Å². The van der Waals surface area contributed by atoms with Gasteiger partial charge in [0.25, 0.3) is 11.1 Å². The minimum absolute atomic E-state index is 0.121. The van der Waals surface area contributed by atoms with Crippen LogP contribution in [-0.4, -0.2) is 58.8 Å². The molecule has 0 bridgehead atoms. The Morgan fingerprint density at radius 2 is 2.04 bits per heavy atom. The lowest BCUT2D eigenvalue weighted by Crippen LogP contribution is -2.48. The van der Waals surface area contributed by atoms with Crippen LogP contribution in [0.1, 0.15) is 23.4 Å². The number of nitrogens with zero attached hydrogens (tertiary/aromatic N) is 2. The second-order valence-electron chi connectivity index (χ2n) is 6.33. The molecule has 8 heteroatoms. The van der Waals surface area contributed by atoms with Crippen LogP contribution in [0.25, 0.3) is 11.0 Å². The van der Waals surface area contributed by atoms with Crippen molar-refractivity contribution in [1.29, 1.82) is 0 Å². The molecular weight excluding hydrogens is 356 g/mol. The molecule has 2 aromatic rings. The molecule has 1 aromatic heterocycles. The Labute approximate surface area is 154 Å². The van der Waals surface area contributed by atoms with E-state index in [0.717, 1.165) is 17.1 Å². The van der Waals surface area contributed by atoms with Crippen molar-refractivity contribution in [3.8, 4) is 5.75 Å².